The van der Waals surface area contributed by atoms with Crippen LogP contribution in [0.4, 0.5) is 10.5 Å². The molecule has 1 fully saturated rings. The third-order valence-electron chi connectivity index (χ3n) is 2.20. The zero-order chi connectivity index (χ0) is 22.8. The maximum atomic E-state index is 12.7. The third kappa shape index (κ3) is 3.85. The molecule has 0 spiro atoms. The van der Waals surface area contributed by atoms with Crippen LogP contribution in [-0.2, 0) is 4.74 Å². The molecule has 110 valence electrons. The lowest BCUT2D eigenvalue weighted by molar-refractivity contribution is 0.0197. The van der Waals surface area contributed by atoms with Crippen LogP contribution in [0.2, 0.25) is 0 Å². The predicted molar refractivity (Wildman–Crippen MR) is 78.4 cm³/mol. The second kappa shape index (κ2) is 5.69. The minimum absolute atomic E-state index is 0.136. The molecule has 1 amide bonds. The Morgan fingerprint density at radius 2 is 2.35 bits per heavy atom. The molecule has 5 heteroatoms. The normalized spacial score (nSPS) is 40.1. The first-order chi connectivity index (χ1) is 12.7. The first-order valence-electron chi connectivity index (χ1n) is 10.5. The minimum atomic E-state index is -3.52. The average Bonchev–Trinajstić information content (AvgIpc) is 2.50. The summed E-state index contributed by atoms with van der Waals surface area (Å²) in [6.45, 7) is -2.56. The highest BCUT2D eigenvalue weighted by Gasteiger charge is 2.28. The van der Waals surface area contributed by atoms with E-state index in [1.54, 1.807) is 0 Å². The molecule has 1 saturated heterocycles. The van der Waals surface area contributed by atoms with Crippen molar-refractivity contribution in [2.45, 2.75) is 45.0 Å². The van der Waals surface area contributed by atoms with Gasteiger partial charge in [0.15, 0.2) is 0 Å². The van der Waals surface area contributed by atoms with Gasteiger partial charge in [-0.15, -0.1) is 0 Å². The van der Waals surface area contributed by atoms with Gasteiger partial charge in [0, 0.05) is 34.2 Å². The van der Waals surface area contributed by atoms with E-state index in [4.69, 9.17) is 22.8 Å². The lowest BCUT2D eigenvalue weighted by Gasteiger charge is -2.33. The summed E-state index contributed by atoms with van der Waals surface area (Å²) in [5.41, 5.74) is 3.94. The number of aromatic nitrogens is 1. The molecule has 0 aliphatic carbocycles. The number of carbonyl (C=O) groups is 1. The summed E-state index contributed by atoms with van der Waals surface area (Å²) >= 11 is 0. The van der Waals surface area contributed by atoms with E-state index in [1.807, 2.05) is 0 Å². The third-order valence-corrected chi connectivity index (χ3v) is 2.20. The van der Waals surface area contributed by atoms with Gasteiger partial charge in [-0.25, -0.2) is 4.79 Å². The Morgan fingerprint density at radius 1 is 1.60 bits per heavy atom. The zero-order valence-electron chi connectivity index (χ0n) is 20.5. The number of likely N-dealkylation sites (tertiary alicyclic amines) is 1. The number of amides is 1. The Kier molecular flexibility index (Phi) is 1.93. The van der Waals surface area contributed by atoms with Crippen LogP contribution in [-0.4, -0.2) is 34.6 Å². The topological polar surface area (TPSA) is 68.5 Å². The van der Waals surface area contributed by atoms with E-state index in [0.29, 0.717) is 0 Å². The number of anilines is 1. The van der Waals surface area contributed by atoms with E-state index in [0.717, 1.165) is 12.3 Å². The second-order valence-corrected chi connectivity index (χ2v) is 5.14. The molecular formula is C15H23N3O2. The number of hydrogen-bond donors (Lipinski definition) is 1. The van der Waals surface area contributed by atoms with Crippen molar-refractivity contribution in [1.82, 2.24) is 9.88 Å². The highest BCUT2D eigenvalue weighted by atomic mass is 16.6. The number of nitrogens with two attached hydrogens (primary N) is 1. The molecule has 2 heterocycles. The fourth-order valence-electron chi connectivity index (χ4n) is 1.39. The summed E-state index contributed by atoms with van der Waals surface area (Å²) in [4.78, 5) is 16.3. The van der Waals surface area contributed by atoms with Crippen LogP contribution in [0.15, 0.2) is 18.3 Å². The van der Waals surface area contributed by atoms with Gasteiger partial charge in [0.05, 0.1) is 14.6 Å². The van der Waals surface area contributed by atoms with E-state index in [2.05, 4.69) is 4.98 Å². The van der Waals surface area contributed by atoms with Crippen LogP contribution in [0.3, 0.4) is 0 Å². The summed E-state index contributed by atoms with van der Waals surface area (Å²) in [6, 6.07) is 2.27. The van der Waals surface area contributed by atoms with Crippen molar-refractivity contribution in [1.29, 1.82) is 0 Å². The largest absolute Gasteiger partial charge is 0.444 e. The lowest BCUT2D eigenvalue weighted by Crippen LogP contribution is -2.42. The molecule has 1 aromatic heterocycles. The van der Waals surface area contributed by atoms with Crippen LogP contribution in [0.5, 0.6) is 0 Å². The van der Waals surface area contributed by atoms with Crippen LogP contribution in [0.1, 0.15) is 57.4 Å². The lowest BCUT2D eigenvalue weighted by atomic mass is 9.94. The Hall–Kier alpha value is -1.78. The smallest absolute Gasteiger partial charge is 0.410 e. The van der Waals surface area contributed by atoms with Crippen LogP contribution in [0, 0.1) is 0 Å². The Bertz CT molecular complexity index is 808. The van der Waals surface area contributed by atoms with Crippen LogP contribution < -0.4 is 5.73 Å². The molecule has 0 bridgehead atoms. The monoisotopic (exact) mass is 286 g/mol. The maximum Gasteiger partial charge on any atom is 0.410 e. The van der Waals surface area contributed by atoms with E-state index >= 15 is 0 Å². The molecule has 5 nitrogen and oxygen atoms in total. The van der Waals surface area contributed by atoms with E-state index in [9.17, 15) is 4.79 Å². The highest BCUT2D eigenvalue weighted by molar-refractivity contribution is 5.68. The Labute approximate surface area is 132 Å². The first-order valence-corrected chi connectivity index (χ1v) is 6.00. The van der Waals surface area contributed by atoms with Crippen LogP contribution in [0.25, 0.3) is 0 Å². The molecule has 1 atom stereocenters. The Balaban J connectivity index is 2.84. The summed E-state index contributed by atoms with van der Waals surface area (Å²) in [7, 11) is 0. The quantitative estimate of drug-likeness (QED) is 0.862. The number of hydrogen-bond acceptors (Lipinski definition) is 4. The van der Waals surface area contributed by atoms with Gasteiger partial charge in [0.1, 0.15) is 5.60 Å². The fraction of sp³-hybridized carbons (Fsp3) is 0.600. The molecule has 0 saturated carbocycles. The molecule has 0 radical (unpaired) electrons. The van der Waals surface area contributed by atoms with Crippen molar-refractivity contribution in [3.05, 3.63) is 24.0 Å². The average molecular weight is 286 g/mol. The molecule has 1 aliphatic heterocycles. The molecule has 1 aromatic rings. The fourth-order valence-corrected chi connectivity index (χ4v) is 1.39. The number of pyridine rings is 1. The van der Waals surface area contributed by atoms with E-state index in [-0.39, 0.29) is 10.6 Å². The number of carbonyl (C=O) groups excluding carboxylic acids is 1. The molecule has 20 heavy (non-hydrogen) atoms. The first kappa shape index (κ1) is 6.78. The van der Waals surface area contributed by atoms with E-state index in [1.165, 1.54) is 26.8 Å². The number of rotatable bonds is 1. The van der Waals surface area contributed by atoms with Crippen molar-refractivity contribution >= 4 is 11.8 Å². The second-order valence-electron chi connectivity index (χ2n) is 5.14. The van der Waals surface area contributed by atoms with Crippen LogP contribution >= 0.6 is 0 Å². The van der Waals surface area contributed by atoms with Crippen molar-refractivity contribution in [2.24, 2.45) is 0 Å². The summed E-state index contributed by atoms with van der Waals surface area (Å²) in [5, 5.41) is 0. The van der Waals surface area contributed by atoms with Gasteiger partial charge < -0.3 is 15.4 Å². The van der Waals surface area contributed by atoms with Gasteiger partial charge in [-0.1, -0.05) is 0 Å². The van der Waals surface area contributed by atoms with Crippen molar-refractivity contribution in [3.63, 3.8) is 0 Å². The van der Waals surface area contributed by atoms with Crippen molar-refractivity contribution < 1.29 is 21.9 Å². The summed E-state index contributed by atoms with van der Waals surface area (Å²) < 4.78 is 79.7. The number of nitrogen functional groups attached to an aromatic ring is 1. The summed E-state index contributed by atoms with van der Waals surface area (Å²) in [5.74, 6) is -3.17. The van der Waals surface area contributed by atoms with Gasteiger partial charge in [-0.2, -0.15) is 0 Å². The zero-order valence-corrected chi connectivity index (χ0v) is 11.5. The standard InChI is InChI=1S/C15H23N3O2/c1-15(2,3)20-14(19)18-8-4-5-11(10-18)13-7-6-12(16)9-17-13/h6-7,9,11H,4-5,8,10,16H2,1-3H3/i4D2,5D2,8D2,10D2,11D. The molecular weight excluding hydrogens is 254 g/mol. The maximum absolute atomic E-state index is 12.7. The molecule has 2 N–H and O–H groups in total. The number of ether oxygens (including phenoxy) is 1. The van der Waals surface area contributed by atoms with Gasteiger partial charge in [0.2, 0.25) is 0 Å². The molecule has 0 aromatic carbocycles. The Morgan fingerprint density at radius 3 is 2.95 bits per heavy atom. The minimum Gasteiger partial charge on any atom is -0.444 e. The van der Waals surface area contributed by atoms with Gasteiger partial charge in [0.25, 0.3) is 0 Å². The number of nitrogens with zero attached hydrogens (tertiary/aromatic N) is 2. The molecule has 1 aliphatic rings. The van der Waals surface area contributed by atoms with Gasteiger partial charge in [-0.05, 0) is 45.6 Å². The molecule has 2 rings (SSSR count). The van der Waals surface area contributed by atoms with Crippen molar-refractivity contribution in [2.75, 3.05) is 18.7 Å². The predicted octanol–water partition coefficient (Wildman–Crippen LogP) is 2.78. The highest BCUT2D eigenvalue weighted by Crippen LogP contribution is 2.26. The number of piperidine rings is 1. The van der Waals surface area contributed by atoms with Gasteiger partial charge >= 0.3 is 6.09 Å². The van der Waals surface area contributed by atoms with Crippen molar-refractivity contribution in [3.8, 4) is 0 Å². The van der Waals surface area contributed by atoms with Gasteiger partial charge in [-0.3, -0.25) is 4.98 Å². The SMILES string of the molecule is [2H]C1([2H])N(C(=O)OC(C)(C)C)C([2H])([2H])C([2H])(c2ccc(N)cn2)C([2H])([2H])C1([2H])[2H]. The van der Waals surface area contributed by atoms with E-state index < -0.39 is 49.0 Å². The molecule has 1 unspecified atom stereocenters. The summed E-state index contributed by atoms with van der Waals surface area (Å²) in [6.07, 6.45) is -7.52.